The molecule has 0 heterocycles. The normalized spacial score (nSPS) is 12.6. The minimum absolute atomic E-state index is 0.149. The van der Waals surface area contributed by atoms with Gasteiger partial charge in [0, 0.05) is 22.3 Å². The molecule has 4 heteroatoms. The average Bonchev–Trinajstić information content (AvgIpc) is 2.62. The standard InChI is InChI=1S/C20H20O4/c1-3-9-23-13-5-7-15-17(11-13)19(21)16-8-6-14(24-10-4-2)12-18(16)20(15)22/h5-8,11-12H,3-4,9-10H2,1-2H3. The fourth-order valence-corrected chi connectivity index (χ4v) is 2.73. The third-order valence-electron chi connectivity index (χ3n) is 3.91. The van der Waals surface area contributed by atoms with E-state index in [9.17, 15) is 9.59 Å². The zero-order valence-electron chi connectivity index (χ0n) is 13.9. The van der Waals surface area contributed by atoms with Gasteiger partial charge in [-0.2, -0.15) is 0 Å². The first kappa shape index (κ1) is 16.2. The number of benzene rings is 2. The molecule has 0 saturated heterocycles. The molecule has 0 N–H and O–H groups in total. The minimum atomic E-state index is -0.149. The molecule has 1 aliphatic rings. The lowest BCUT2D eigenvalue weighted by atomic mass is 9.84. The molecule has 4 nitrogen and oxygen atoms in total. The molecule has 24 heavy (non-hydrogen) atoms. The van der Waals surface area contributed by atoms with Crippen LogP contribution in [-0.4, -0.2) is 24.8 Å². The topological polar surface area (TPSA) is 52.6 Å². The van der Waals surface area contributed by atoms with Crippen LogP contribution in [0.2, 0.25) is 0 Å². The van der Waals surface area contributed by atoms with Gasteiger partial charge in [0.1, 0.15) is 11.5 Å². The molecular weight excluding hydrogens is 304 g/mol. The molecule has 3 rings (SSSR count). The predicted molar refractivity (Wildman–Crippen MR) is 91.3 cm³/mol. The van der Waals surface area contributed by atoms with Crippen LogP contribution in [-0.2, 0) is 0 Å². The van der Waals surface area contributed by atoms with E-state index in [2.05, 4.69) is 0 Å². The highest BCUT2D eigenvalue weighted by atomic mass is 16.5. The number of hydrogen-bond donors (Lipinski definition) is 0. The van der Waals surface area contributed by atoms with Crippen LogP contribution in [0.25, 0.3) is 0 Å². The lowest BCUT2D eigenvalue weighted by molar-refractivity contribution is 0.0978. The number of ketones is 2. The average molecular weight is 324 g/mol. The summed E-state index contributed by atoms with van der Waals surface area (Å²) >= 11 is 0. The van der Waals surface area contributed by atoms with Crippen LogP contribution in [0, 0.1) is 0 Å². The Kier molecular flexibility index (Phi) is 4.65. The largest absolute Gasteiger partial charge is 0.494 e. The van der Waals surface area contributed by atoms with E-state index in [1.54, 1.807) is 36.4 Å². The Balaban J connectivity index is 1.98. The van der Waals surface area contributed by atoms with E-state index >= 15 is 0 Å². The molecular formula is C20H20O4. The second kappa shape index (κ2) is 6.87. The van der Waals surface area contributed by atoms with Crippen LogP contribution in [0.1, 0.15) is 58.5 Å². The van der Waals surface area contributed by atoms with Crippen molar-refractivity contribution < 1.29 is 19.1 Å². The molecule has 0 spiro atoms. The molecule has 0 fully saturated rings. The summed E-state index contributed by atoms with van der Waals surface area (Å²) in [6.07, 6.45) is 1.76. The van der Waals surface area contributed by atoms with E-state index in [4.69, 9.17) is 9.47 Å². The van der Waals surface area contributed by atoms with Gasteiger partial charge in [-0.15, -0.1) is 0 Å². The Morgan fingerprint density at radius 1 is 0.667 bits per heavy atom. The Morgan fingerprint density at radius 3 is 1.46 bits per heavy atom. The van der Waals surface area contributed by atoms with Crippen LogP contribution in [0.4, 0.5) is 0 Å². The van der Waals surface area contributed by atoms with Gasteiger partial charge in [0.15, 0.2) is 11.6 Å². The summed E-state index contributed by atoms with van der Waals surface area (Å²) in [5.41, 5.74) is 1.65. The maximum Gasteiger partial charge on any atom is 0.194 e. The molecule has 0 unspecified atom stereocenters. The highest BCUT2D eigenvalue weighted by molar-refractivity contribution is 6.28. The van der Waals surface area contributed by atoms with E-state index in [0.717, 1.165) is 12.8 Å². The molecule has 2 aromatic rings. The monoisotopic (exact) mass is 324 g/mol. The maximum atomic E-state index is 12.8. The number of hydrogen-bond acceptors (Lipinski definition) is 4. The number of carbonyl (C=O) groups is 2. The van der Waals surface area contributed by atoms with Crippen molar-refractivity contribution in [3.63, 3.8) is 0 Å². The van der Waals surface area contributed by atoms with Crippen LogP contribution in [0.3, 0.4) is 0 Å². The van der Waals surface area contributed by atoms with Crippen LogP contribution >= 0.6 is 0 Å². The van der Waals surface area contributed by atoms with E-state index < -0.39 is 0 Å². The van der Waals surface area contributed by atoms with E-state index in [1.165, 1.54) is 0 Å². The van der Waals surface area contributed by atoms with Crippen molar-refractivity contribution in [2.45, 2.75) is 26.7 Å². The quantitative estimate of drug-likeness (QED) is 0.686. The smallest absolute Gasteiger partial charge is 0.194 e. The Morgan fingerprint density at radius 2 is 1.08 bits per heavy atom. The van der Waals surface area contributed by atoms with Crippen molar-refractivity contribution in [3.05, 3.63) is 58.7 Å². The Labute approximate surface area is 141 Å². The Bertz CT molecular complexity index is 725. The van der Waals surface area contributed by atoms with Crippen molar-refractivity contribution in [1.29, 1.82) is 0 Å². The van der Waals surface area contributed by atoms with Gasteiger partial charge in [0.2, 0.25) is 0 Å². The van der Waals surface area contributed by atoms with Gasteiger partial charge in [0.25, 0.3) is 0 Å². The molecule has 2 aromatic carbocycles. The van der Waals surface area contributed by atoms with Gasteiger partial charge in [-0.3, -0.25) is 9.59 Å². The second-order valence-corrected chi connectivity index (χ2v) is 5.77. The number of carbonyl (C=O) groups excluding carboxylic acids is 2. The molecule has 124 valence electrons. The molecule has 0 saturated carbocycles. The summed E-state index contributed by atoms with van der Waals surface area (Å²) in [5.74, 6) is 0.929. The summed E-state index contributed by atoms with van der Waals surface area (Å²) in [6.45, 7) is 5.19. The molecule has 0 amide bonds. The summed E-state index contributed by atoms with van der Waals surface area (Å²) in [5, 5.41) is 0. The first-order chi connectivity index (χ1) is 11.7. The second-order valence-electron chi connectivity index (χ2n) is 5.77. The third kappa shape index (κ3) is 2.92. The van der Waals surface area contributed by atoms with Gasteiger partial charge < -0.3 is 9.47 Å². The van der Waals surface area contributed by atoms with Gasteiger partial charge in [0.05, 0.1) is 13.2 Å². The lowest BCUT2D eigenvalue weighted by Crippen LogP contribution is -2.21. The maximum absolute atomic E-state index is 12.8. The minimum Gasteiger partial charge on any atom is -0.494 e. The molecule has 0 aliphatic heterocycles. The van der Waals surface area contributed by atoms with Crippen molar-refractivity contribution in [2.24, 2.45) is 0 Å². The number of ether oxygens (including phenoxy) is 2. The highest BCUT2D eigenvalue weighted by Crippen LogP contribution is 2.32. The fourth-order valence-electron chi connectivity index (χ4n) is 2.73. The number of fused-ring (bicyclic) bond motifs is 2. The summed E-state index contributed by atoms with van der Waals surface area (Å²) in [7, 11) is 0. The summed E-state index contributed by atoms with van der Waals surface area (Å²) in [4.78, 5) is 25.5. The van der Waals surface area contributed by atoms with Crippen molar-refractivity contribution in [3.8, 4) is 11.5 Å². The lowest BCUT2D eigenvalue weighted by Gasteiger charge is -2.19. The van der Waals surface area contributed by atoms with Crippen LogP contribution in [0.5, 0.6) is 11.5 Å². The van der Waals surface area contributed by atoms with Crippen molar-refractivity contribution >= 4 is 11.6 Å². The zero-order chi connectivity index (χ0) is 17.1. The van der Waals surface area contributed by atoms with Gasteiger partial charge >= 0.3 is 0 Å². The van der Waals surface area contributed by atoms with E-state index in [1.807, 2.05) is 13.8 Å². The predicted octanol–water partition coefficient (Wildman–Crippen LogP) is 4.04. The van der Waals surface area contributed by atoms with Crippen molar-refractivity contribution in [2.75, 3.05) is 13.2 Å². The first-order valence-electron chi connectivity index (χ1n) is 8.28. The third-order valence-corrected chi connectivity index (χ3v) is 3.91. The molecule has 1 aliphatic carbocycles. The van der Waals surface area contributed by atoms with E-state index in [-0.39, 0.29) is 11.6 Å². The molecule has 0 atom stereocenters. The first-order valence-corrected chi connectivity index (χ1v) is 8.28. The summed E-state index contributed by atoms with van der Waals surface area (Å²) < 4.78 is 11.1. The van der Waals surface area contributed by atoms with Crippen LogP contribution in [0.15, 0.2) is 36.4 Å². The Hall–Kier alpha value is -2.62. The molecule has 0 aromatic heterocycles. The van der Waals surface area contributed by atoms with E-state index in [0.29, 0.717) is 47.0 Å². The van der Waals surface area contributed by atoms with Crippen molar-refractivity contribution in [1.82, 2.24) is 0 Å². The SMILES string of the molecule is CCCOc1ccc2c(c1)C(=O)c1ccc(OCCC)cc1C2=O. The van der Waals surface area contributed by atoms with Crippen LogP contribution < -0.4 is 9.47 Å². The van der Waals surface area contributed by atoms with Gasteiger partial charge in [-0.25, -0.2) is 0 Å². The molecule has 0 bridgehead atoms. The molecule has 0 radical (unpaired) electrons. The van der Waals surface area contributed by atoms with Gasteiger partial charge in [-0.05, 0) is 49.2 Å². The zero-order valence-corrected chi connectivity index (χ0v) is 13.9. The van der Waals surface area contributed by atoms with Gasteiger partial charge in [-0.1, -0.05) is 13.8 Å². The summed E-state index contributed by atoms with van der Waals surface area (Å²) in [6, 6.07) is 10.1. The number of rotatable bonds is 6. The highest BCUT2D eigenvalue weighted by Gasteiger charge is 2.30. The fraction of sp³-hybridized carbons (Fsp3) is 0.300.